The maximum absolute atomic E-state index is 11.9. The van der Waals surface area contributed by atoms with Crippen molar-refractivity contribution in [2.24, 2.45) is 0 Å². The summed E-state index contributed by atoms with van der Waals surface area (Å²) >= 11 is 1.37. The van der Waals surface area contributed by atoms with Crippen molar-refractivity contribution in [3.05, 3.63) is 31.1 Å². The van der Waals surface area contributed by atoms with Gasteiger partial charge in [-0.15, -0.1) is 16.8 Å². The lowest BCUT2D eigenvalue weighted by Gasteiger charge is -2.11. The smallest absolute Gasteiger partial charge is 0.233 e. The summed E-state index contributed by atoms with van der Waals surface area (Å²) in [5.41, 5.74) is 0. The summed E-state index contributed by atoms with van der Waals surface area (Å²) in [7, 11) is 0. The third kappa shape index (κ3) is 3.55. The lowest BCUT2D eigenvalue weighted by Crippen LogP contribution is -2.31. The Morgan fingerprint density at radius 3 is 3.05 bits per heavy atom. The topological polar surface area (TPSA) is 73.0 Å². The normalized spacial score (nSPS) is 12.1. The van der Waals surface area contributed by atoms with Gasteiger partial charge in [-0.1, -0.05) is 17.8 Å². The highest BCUT2D eigenvalue weighted by Crippen LogP contribution is 2.26. The van der Waals surface area contributed by atoms with E-state index in [2.05, 4.69) is 22.1 Å². The molecule has 112 valence electrons. The second-order valence-electron chi connectivity index (χ2n) is 4.32. The van der Waals surface area contributed by atoms with Crippen LogP contribution in [0.15, 0.2) is 40.6 Å². The van der Waals surface area contributed by atoms with Crippen LogP contribution in [0.2, 0.25) is 0 Å². The molecule has 0 aliphatic carbocycles. The van der Waals surface area contributed by atoms with Crippen LogP contribution in [-0.2, 0) is 11.3 Å². The summed E-state index contributed by atoms with van der Waals surface area (Å²) < 4.78 is 7.29. The van der Waals surface area contributed by atoms with Gasteiger partial charge in [-0.2, -0.15) is 0 Å². The molecule has 1 amide bonds. The quantitative estimate of drug-likeness (QED) is 0.628. The third-order valence-electron chi connectivity index (χ3n) is 2.85. The van der Waals surface area contributed by atoms with Crippen molar-refractivity contribution >= 4 is 17.7 Å². The number of hydrogen-bond donors (Lipinski definition) is 1. The van der Waals surface area contributed by atoms with E-state index in [1.165, 1.54) is 11.8 Å². The van der Waals surface area contributed by atoms with Gasteiger partial charge in [0.05, 0.1) is 11.5 Å². The molecule has 2 heterocycles. The van der Waals surface area contributed by atoms with Crippen LogP contribution in [-0.4, -0.2) is 32.5 Å². The summed E-state index contributed by atoms with van der Waals surface area (Å²) in [6, 6.07) is 3.65. The molecule has 7 heteroatoms. The van der Waals surface area contributed by atoms with Gasteiger partial charge < -0.3 is 9.73 Å². The molecule has 0 bridgehead atoms. The van der Waals surface area contributed by atoms with Gasteiger partial charge in [0.1, 0.15) is 0 Å². The van der Waals surface area contributed by atoms with Crippen molar-refractivity contribution < 1.29 is 9.21 Å². The molecule has 6 nitrogen and oxygen atoms in total. The van der Waals surface area contributed by atoms with E-state index >= 15 is 0 Å². The number of nitrogens with one attached hydrogen (secondary N) is 1. The Bertz CT molecular complexity index is 607. The van der Waals surface area contributed by atoms with E-state index in [9.17, 15) is 4.79 Å². The monoisotopic (exact) mass is 306 g/mol. The van der Waals surface area contributed by atoms with Gasteiger partial charge in [-0.05, 0) is 26.0 Å². The molecule has 2 aromatic rings. The molecule has 21 heavy (non-hydrogen) atoms. The van der Waals surface area contributed by atoms with Crippen molar-refractivity contribution in [2.45, 2.75) is 30.8 Å². The highest BCUT2D eigenvalue weighted by atomic mass is 32.2. The highest BCUT2D eigenvalue weighted by Gasteiger charge is 2.20. The summed E-state index contributed by atoms with van der Waals surface area (Å²) in [6.45, 7) is 8.58. The van der Waals surface area contributed by atoms with E-state index < -0.39 is 0 Å². The zero-order chi connectivity index (χ0) is 15.2. The minimum Gasteiger partial charge on any atom is -0.461 e. The van der Waals surface area contributed by atoms with Gasteiger partial charge >= 0.3 is 0 Å². The molecular formula is C14H18N4O2S. The number of nitrogens with zero attached hydrogens (tertiary/aromatic N) is 3. The van der Waals surface area contributed by atoms with E-state index in [1.54, 1.807) is 12.3 Å². The first-order valence-electron chi connectivity index (χ1n) is 6.69. The van der Waals surface area contributed by atoms with Crippen LogP contribution in [0.25, 0.3) is 11.6 Å². The van der Waals surface area contributed by atoms with E-state index in [0.29, 0.717) is 29.8 Å². The Morgan fingerprint density at radius 1 is 1.62 bits per heavy atom. The molecule has 0 aliphatic rings. The molecular weight excluding hydrogens is 288 g/mol. The summed E-state index contributed by atoms with van der Waals surface area (Å²) in [6.07, 6.45) is 3.25. The van der Waals surface area contributed by atoms with Crippen molar-refractivity contribution in [2.75, 3.05) is 6.54 Å². The van der Waals surface area contributed by atoms with Gasteiger partial charge in [0, 0.05) is 13.1 Å². The van der Waals surface area contributed by atoms with Crippen molar-refractivity contribution in [3.63, 3.8) is 0 Å². The molecule has 0 saturated heterocycles. The Kier molecular flexibility index (Phi) is 5.21. The van der Waals surface area contributed by atoms with Crippen LogP contribution in [0.4, 0.5) is 0 Å². The average Bonchev–Trinajstić information content (AvgIpc) is 3.13. The standard InChI is InChI=1S/C14H18N4O2S/c1-4-8-15-13(19)10(3)21-14-17-16-12(18(14)5-2)11-7-6-9-20-11/h4,6-7,9-10H,1,5,8H2,2-3H3,(H,15,19). The number of amides is 1. The number of carbonyl (C=O) groups excluding carboxylic acids is 1. The molecule has 0 spiro atoms. The van der Waals surface area contributed by atoms with Crippen LogP contribution >= 0.6 is 11.8 Å². The fourth-order valence-corrected chi connectivity index (χ4v) is 2.71. The van der Waals surface area contributed by atoms with Crippen molar-refractivity contribution in [3.8, 4) is 11.6 Å². The first-order chi connectivity index (χ1) is 10.2. The molecule has 2 rings (SSSR count). The lowest BCUT2D eigenvalue weighted by molar-refractivity contribution is -0.120. The Labute approximate surface area is 127 Å². The largest absolute Gasteiger partial charge is 0.461 e. The van der Waals surface area contributed by atoms with Crippen molar-refractivity contribution in [1.29, 1.82) is 0 Å². The van der Waals surface area contributed by atoms with Crippen LogP contribution in [0, 0.1) is 0 Å². The Hall–Kier alpha value is -2.02. The minimum atomic E-state index is -0.260. The van der Waals surface area contributed by atoms with Crippen molar-refractivity contribution in [1.82, 2.24) is 20.1 Å². The van der Waals surface area contributed by atoms with Gasteiger partial charge in [-0.25, -0.2) is 0 Å². The van der Waals surface area contributed by atoms with Crippen LogP contribution < -0.4 is 5.32 Å². The predicted molar refractivity (Wildman–Crippen MR) is 81.9 cm³/mol. The lowest BCUT2D eigenvalue weighted by atomic mass is 10.4. The third-order valence-corrected chi connectivity index (χ3v) is 3.93. The van der Waals surface area contributed by atoms with E-state index in [0.717, 1.165) is 0 Å². The molecule has 0 aromatic carbocycles. The SMILES string of the molecule is C=CCNC(=O)C(C)Sc1nnc(-c2ccco2)n1CC. The molecule has 0 radical (unpaired) electrons. The number of hydrogen-bond acceptors (Lipinski definition) is 5. The molecule has 0 aliphatic heterocycles. The zero-order valence-electron chi connectivity index (χ0n) is 12.1. The molecule has 1 atom stereocenters. The molecule has 1 unspecified atom stereocenters. The number of rotatable bonds is 7. The number of aromatic nitrogens is 3. The molecule has 2 aromatic heterocycles. The Morgan fingerprint density at radius 2 is 2.43 bits per heavy atom. The Balaban J connectivity index is 2.14. The number of furan rings is 1. The van der Waals surface area contributed by atoms with Gasteiger partial charge in [0.15, 0.2) is 16.7 Å². The van der Waals surface area contributed by atoms with Gasteiger partial charge in [0.25, 0.3) is 0 Å². The van der Waals surface area contributed by atoms with E-state index in [4.69, 9.17) is 4.42 Å². The molecule has 0 saturated carbocycles. The number of thioether (sulfide) groups is 1. The van der Waals surface area contributed by atoms with Crippen LogP contribution in [0.3, 0.4) is 0 Å². The van der Waals surface area contributed by atoms with Gasteiger partial charge in [-0.3, -0.25) is 9.36 Å². The van der Waals surface area contributed by atoms with Crippen LogP contribution in [0.1, 0.15) is 13.8 Å². The molecule has 0 fully saturated rings. The highest BCUT2D eigenvalue weighted by molar-refractivity contribution is 8.00. The fourth-order valence-electron chi connectivity index (χ4n) is 1.78. The second-order valence-corrected chi connectivity index (χ2v) is 5.63. The first-order valence-corrected chi connectivity index (χ1v) is 7.57. The maximum Gasteiger partial charge on any atom is 0.233 e. The molecule has 1 N–H and O–H groups in total. The van der Waals surface area contributed by atoms with E-state index in [1.807, 2.05) is 30.5 Å². The predicted octanol–water partition coefficient (Wildman–Crippen LogP) is 2.34. The second kappa shape index (κ2) is 7.12. The maximum atomic E-state index is 11.9. The summed E-state index contributed by atoms with van der Waals surface area (Å²) in [5, 5.41) is 11.5. The summed E-state index contributed by atoms with van der Waals surface area (Å²) in [4.78, 5) is 11.9. The van der Waals surface area contributed by atoms with Gasteiger partial charge in [0.2, 0.25) is 5.91 Å². The zero-order valence-corrected chi connectivity index (χ0v) is 12.9. The fraction of sp³-hybridized carbons (Fsp3) is 0.357. The average molecular weight is 306 g/mol. The van der Waals surface area contributed by atoms with E-state index in [-0.39, 0.29) is 11.2 Å². The summed E-state index contributed by atoms with van der Waals surface area (Å²) in [5.74, 6) is 1.29. The van der Waals surface area contributed by atoms with Crippen LogP contribution in [0.5, 0.6) is 0 Å². The first kappa shape index (κ1) is 15.4. The minimum absolute atomic E-state index is 0.0508. The number of carbonyl (C=O) groups is 1.